The number of pyridine rings is 1. The van der Waals surface area contributed by atoms with Crippen LogP contribution in [0.5, 0.6) is 5.88 Å². The lowest BCUT2D eigenvalue weighted by atomic mass is 9.96. The van der Waals surface area contributed by atoms with Crippen molar-refractivity contribution in [3.8, 4) is 17.2 Å². The van der Waals surface area contributed by atoms with E-state index in [0.717, 1.165) is 12.8 Å². The molecular formula is C19H23N3O4. The number of nitrogens with zero attached hydrogens (tertiary/aromatic N) is 2. The molecule has 2 fully saturated rings. The first-order chi connectivity index (χ1) is 12.7. The number of carbonyl (C=O) groups excluding carboxylic acids is 1. The quantitative estimate of drug-likeness (QED) is 0.854. The van der Waals surface area contributed by atoms with Crippen molar-refractivity contribution in [2.45, 2.75) is 44.3 Å². The van der Waals surface area contributed by atoms with Gasteiger partial charge in [0.25, 0.3) is 5.91 Å². The summed E-state index contributed by atoms with van der Waals surface area (Å²) in [5.41, 5.74) is 4.01. The number of nitrogens with one attached hydrogen (secondary N) is 1. The molecule has 2 aromatic heterocycles. The van der Waals surface area contributed by atoms with E-state index in [0.29, 0.717) is 48.7 Å². The molecule has 0 atom stereocenters. The molecule has 1 aliphatic carbocycles. The number of furan rings is 1. The van der Waals surface area contributed by atoms with Gasteiger partial charge in [-0.15, -0.1) is 0 Å². The number of ether oxygens (including phenoxy) is 1. The summed E-state index contributed by atoms with van der Waals surface area (Å²) < 4.78 is 11.5. The van der Waals surface area contributed by atoms with Crippen LogP contribution in [0.1, 0.15) is 42.5 Å². The van der Waals surface area contributed by atoms with E-state index < -0.39 is 0 Å². The molecule has 7 nitrogen and oxygen atoms in total. The van der Waals surface area contributed by atoms with Crippen LogP contribution in [-0.4, -0.2) is 46.3 Å². The van der Waals surface area contributed by atoms with E-state index in [1.165, 1.54) is 12.6 Å². The molecule has 1 saturated carbocycles. The molecule has 0 bridgehead atoms. The molecule has 2 N–H and O–H groups in total. The molecule has 3 heterocycles. The van der Waals surface area contributed by atoms with Gasteiger partial charge in [0.05, 0.1) is 23.5 Å². The average molecular weight is 357 g/mol. The molecule has 1 amide bonds. The number of aliphatic hydroxyl groups is 1. The van der Waals surface area contributed by atoms with Crippen LogP contribution in [0.4, 0.5) is 0 Å². The lowest BCUT2D eigenvalue weighted by Crippen LogP contribution is -2.47. The first-order valence-corrected chi connectivity index (χ1v) is 9.13. The molecule has 1 aliphatic heterocycles. The van der Waals surface area contributed by atoms with Gasteiger partial charge in [-0.1, -0.05) is 0 Å². The van der Waals surface area contributed by atoms with Crippen LogP contribution in [0.2, 0.25) is 0 Å². The summed E-state index contributed by atoms with van der Waals surface area (Å²) in [5.74, 6) is 0.904. The minimum absolute atomic E-state index is 0.190. The predicted octanol–water partition coefficient (Wildman–Crippen LogP) is 2.37. The van der Waals surface area contributed by atoms with Crippen LogP contribution in [0.3, 0.4) is 0 Å². The van der Waals surface area contributed by atoms with Crippen LogP contribution < -0.4 is 10.2 Å². The van der Waals surface area contributed by atoms with Crippen molar-refractivity contribution in [3.63, 3.8) is 0 Å². The minimum atomic E-state index is -0.279. The van der Waals surface area contributed by atoms with Gasteiger partial charge in [-0.2, -0.15) is 0 Å². The molecule has 0 radical (unpaired) electrons. The van der Waals surface area contributed by atoms with Gasteiger partial charge in [-0.3, -0.25) is 10.2 Å². The van der Waals surface area contributed by atoms with Crippen molar-refractivity contribution in [2.24, 2.45) is 0 Å². The van der Waals surface area contributed by atoms with E-state index in [1.54, 1.807) is 18.4 Å². The Morgan fingerprint density at radius 3 is 2.77 bits per heavy atom. The Morgan fingerprint density at radius 1 is 1.31 bits per heavy atom. The number of hydrazine groups is 1. The van der Waals surface area contributed by atoms with Gasteiger partial charge in [0.1, 0.15) is 11.9 Å². The molecule has 138 valence electrons. The van der Waals surface area contributed by atoms with Gasteiger partial charge in [-0.05, 0) is 50.3 Å². The standard InChI is InChI=1S/C19H23N3O4/c23-14-6-8-22(9-7-14)21-18(24)13-11-16(17-5-2-10-25-17)19(20-12-13)26-15-3-1-4-15/h2,5,10-12,14-15,23H,1,3-4,6-9H2,(H,21,24). The SMILES string of the molecule is O=C(NN1CCC(O)CC1)c1cnc(OC2CCC2)c(-c2ccco2)c1. The molecular weight excluding hydrogens is 334 g/mol. The van der Waals surface area contributed by atoms with Crippen LogP contribution in [0.25, 0.3) is 11.3 Å². The Morgan fingerprint density at radius 2 is 2.12 bits per heavy atom. The second-order valence-electron chi connectivity index (χ2n) is 6.88. The smallest absolute Gasteiger partial charge is 0.267 e. The van der Waals surface area contributed by atoms with Crippen LogP contribution >= 0.6 is 0 Å². The maximum absolute atomic E-state index is 12.6. The fourth-order valence-corrected chi connectivity index (χ4v) is 3.11. The highest BCUT2D eigenvalue weighted by Crippen LogP contribution is 2.33. The summed E-state index contributed by atoms with van der Waals surface area (Å²) in [4.78, 5) is 17.0. The lowest BCUT2D eigenvalue weighted by molar-refractivity contribution is 0.0466. The molecule has 2 aliphatic rings. The van der Waals surface area contributed by atoms with Crippen molar-refractivity contribution in [1.29, 1.82) is 0 Å². The predicted molar refractivity (Wildman–Crippen MR) is 94.5 cm³/mol. The Labute approximate surface area is 151 Å². The fraction of sp³-hybridized carbons (Fsp3) is 0.474. The van der Waals surface area contributed by atoms with Crippen molar-refractivity contribution >= 4 is 5.91 Å². The highest BCUT2D eigenvalue weighted by atomic mass is 16.5. The maximum atomic E-state index is 12.6. The number of piperidine rings is 1. The highest BCUT2D eigenvalue weighted by molar-refractivity contribution is 5.95. The normalized spacial score (nSPS) is 19.1. The molecule has 1 saturated heterocycles. The largest absolute Gasteiger partial charge is 0.474 e. The third kappa shape index (κ3) is 3.73. The number of hydrogen-bond donors (Lipinski definition) is 2. The van der Waals surface area contributed by atoms with Crippen molar-refractivity contribution in [2.75, 3.05) is 13.1 Å². The number of amides is 1. The topological polar surface area (TPSA) is 87.8 Å². The van der Waals surface area contributed by atoms with Crippen molar-refractivity contribution < 1.29 is 19.1 Å². The number of aromatic nitrogens is 1. The van der Waals surface area contributed by atoms with Crippen LogP contribution in [0.15, 0.2) is 35.1 Å². The van der Waals surface area contributed by atoms with Gasteiger partial charge < -0.3 is 14.3 Å². The second-order valence-corrected chi connectivity index (χ2v) is 6.88. The second kappa shape index (κ2) is 7.47. The summed E-state index contributed by atoms with van der Waals surface area (Å²) in [6.45, 7) is 1.27. The first kappa shape index (κ1) is 17.1. The first-order valence-electron chi connectivity index (χ1n) is 9.13. The molecule has 26 heavy (non-hydrogen) atoms. The van der Waals surface area contributed by atoms with Gasteiger partial charge >= 0.3 is 0 Å². The van der Waals surface area contributed by atoms with Gasteiger partial charge in [0, 0.05) is 19.3 Å². The molecule has 0 spiro atoms. The third-order valence-corrected chi connectivity index (χ3v) is 4.95. The van der Waals surface area contributed by atoms with E-state index in [9.17, 15) is 9.90 Å². The number of hydrogen-bond acceptors (Lipinski definition) is 6. The van der Waals surface area contributed by atoms with Crippen molar-refractivity contribution in [1.82, 2.24) is 15.4 Å². The number of carbonyl (C=O) groups is 1. The maximum Gasteiger partial charge on any atom is 0.267 e. The average Bonchev–Trinajstić information content (AvgIpc) is 3.14. The lowest BCUT2D eigenvalue weighted by Gasteiger charge is -2.29. The Hall–Kier alpha value is -2.38. The third-order valence-electron chi connectivity index (χ3n) is 4.95. The minimum Gasteiger partial charge on any atom is -0.474 e. The van der Waals surface area contributed by atoms with E-state index >= 15 is 0 Å². The summed E-state index contributed by atoms with van der Waals surface area (Å²) >= 11 is 0. The molecule has 0 unspecified atom stereocenters. The highest BCUT2D eigenvalue weighted by Gasteiger charge is 2.24. The Bertz CT molecular complexity index is 750. The summed E-state index contributed by atoms with van der Waals surface area (Å²) in [6, 6.07) is 5.39. The molecule has 2 aromatic rings. The van der Waals surface area contributed by atoms with Crippen LogP contribution in [0, 0.1) is 0 Å². The van der Waals surface area contributed by atoms with E-state index in [2.05, 4.69) is 10.4 Å². The Balaban J connectivity index is 1.52. The monoisotopic (exact) mass is 357 g/mol. The van der Waals surface area contributed by atoms with Gasteiger partial charge in [-0.25, -0.2) is 9.99 Å². The molecule has 4 rings (SSSR count). The van der Waals surface area contributed by atoms with E-state index in [4.69, 9.17) is 9.15 Å². The van der Waals surface area contributed by atoms with Crippen molar-refractivity contribution in [3.05, 3.63) is 36.2 Å². The van der Waals surface area contributed by atoms with Gasteiger partial charge in [0.2, 0.25) is 5.88 Å². The van der Waals surface area contributed by atoms with Gasteiger partial charge in [0.15, 0.2) is 0 Å². The molecule has 7 heteroatoms. The summed E-state index contributed by atoms with van der Waals surface area (Å²) in [7, 11) is 0. The van der Waals surface area contributed by atoms with Crippen LogP contribution in [-0.2, 0) is 0 Å². The zero-order valence-corrected chi connectivity index (χ0v) is 14.6. The van der Waals surface area contributed by atoms with E-state index in [1.807, 2.05) is 11.1 Å². The number of rotatable bonds is 5. The Kier molecular flexibility index (Phi) is 4.90. The zero-order chi connectivity index (χ0) is 17.9. The number of aliphatic hydroxyl groups excluding tert-OH is 1. The fourth-order valence-electron chi connectivity index (χ4n) is 3.11. The zero-order valence-electron chi connectivity index (χ0n) is 14.6. The summed E-state index contributed by atoms with van der Waals surface area (Å²) in [6.07, 6.45) is 7.59. The molecule has 0 aromatic carbocycles. The summed E-state index contributed by atoms with van der Waals surface area (Å²) in [5, 5.41) is 11.4. The van der Waals surface area contributed by atoms with E-state index in [-0.39, 0.29) is 18.1 Å².